The molecule has 0 radical (unpaired) electrons. The van der Waals surface area contributed by atoms with Gasteiger partial charge in [-0.15, -0.1) is 0 Å². The van der Waals surface area contributed by atoms with Gasteiger partial charge in [0.2, 0.25) is 5.95 Å². The predicted octanol–water partition coefficient (Wildman–Crippen LogP) is 1.31. The molecule has 0 aliphatic rings. The highest BCUT2D eigenvalue weighted by molar-refractivity contribution is 7.99. The molecule has 6 heteroatoms. The first-order chi connectivity index (χ1) is 7.38. The molecule has 0 saturated heterocycles. The molecule has 0 bridgehead atoms. The number of hydrogen-bond acceptors (Lipinski definition) is 6. The van der Waals surface area contributed by atoms with Crippen LogP contribution in [0.2, 0.25) is 0 Å². The molecule has 0 spiro atoms. The van der Waals surface area contributed by atoms with Gasteiger partial charge in [-0.3, -0.25) is 10.4 Å². The summed E-state index contributed by atoms with van der Waals surface area (Å²) >= 11 is 1.53. The van der Waals surface area contributed by atoms with E-state index < -0.39 is 0 Å². The van der Waals surface area contributed by atoms with Gasteiger partial charge in [0.25, 0.3) is 0 Å². The number of nitrogen functional groups attached to an aromatic ring is 1. The second-order valence-corrected chi connectivity index (χ2v) is 3.74. The Balaban J connectivity index is 2.17. The van der Waals surface area contributed by atoms with Gasteiger partial charge >= 0.3 is 0 Å². The van der Waals surface area contributed by atoms with Crippen molar-refractivity contribution in [2.24, 2.45) is 5.84 Å². The number of nitrogens with one attached hydrogen (secondary N) is 1. The van der Waals surface area contributed by atoms with Crippen LogP contribution < -0.4 is 11.3 Å². The van der Waals surface area contributed by atoms with Gasteiger partial charge in [-0.05, 0) is 18.2 Å². The Hall–Kier alpha value is -1.66. The van der Waals surface area contributed by atoms with Crippen molar-refractivity contribution in [1.29, 1.82) is 0 Å². The van der Waals surface area contributed by atoms with Crippen LogP contribution in [0.15, 0.2) is 46.7 Å². The van der Waals surface area contributed by atoms with Crippen LogP contribution in [0.1, 0.15) is 0 Å². The largest absolute Gasteiger partial charge is 0.292 e. The Morgan fingerprint density at radius 2 is 1.93 bits per heavy atom. The fraction of sp³-hybridized carbons (Fsp3) is 0. The fourth-order valence-electron chi connectivity index (χ4n) is 0.996. The van der Waals surface area contributed by atoms with Crippen molar-refractivity contribution in [2.75, 3.05) is 5.43 Å². The molecule has 2 rings (SSSR count). The lowest BCUT2D eigenvalue weighted by Gasteiger charge is -2.01. The molecule has 0 amide bonds. The molecule has 0 aliphatic heterocycles. The SMILES string of the molecule is NNc1nccc(Sc2ccncc2)n1. The first-order valence-electron chi connectivity index (χ1n) is 4.26. The van der Waals surface area contributed by atoms with Crippen LogP contribution in [0.4, 0.5) is 5.95 Å². The lowest BCUT2D eigenvalue weighted by atomic mass is 10.5. The minimum absolute atomic E-state index is 0.411. The average Bonchev–Trinajstić information content (AvgIpc) is 2.31. The van der Waals surface area contributed by atoms with Crippen molar-refractivity contribution in [2.45, 2.75) is 9.92 Å². The summed E-state index contributed by atoms with van der Waals surface area (Å²) in [5, 5.41) is 0.837. The highest BCUT2D eigenvalue weighted by atomic mass is 32.2. The molecular weight excluding hydrogens is 210 g/mol. The third-order valence-electron chi connectivity index (χ3n) is 1.63. The second-order valence-electron chi connectivity index (χ2n) is 2.65. The van der Waals surface area contributed by atoms with Crippen LogP contribution in [-0.4, -0.2) is 15.0 Å². The van der Waals surface area contributed by atoms with E-state index in [0.717, 1.165) is 9.92 Å². The van der Waals surface area contributed by atoms with Gasteiger partial charge in [0.1, 0.15) is 5.03 Å². The van der Waals surface area contributed by atoms with E-state index in [0.29, 0.717) is 5.95 Å². The maximum atomic E-state index is 5.22. The number of nitrogens with zero attached hydrogens (tertiary/aromatic N) is 3. The third-order valence-corrected chi connectivity index (χ3v) is 2.58. The summed E-state index contributed by atoms with van der Waals surface area (Å²) in [7, 11) is 0. The van der Waals surface area contributed by atoms with E-state index >= 15 is 0 Å². The Morgan fingerprint density at radius 1 is 1.13 bits per heavy atom. The number of aromatic nitrogens is 3. The van der Waals surface area contributed by atoms with Gasteiger partial charge in [0, 0.05) is 23.5 Å². The summed E-state index contributed by atoms with van der Waals surface area (Å²) < 4.78 is 0. The zero-order valence-electron chi connectivity index (χ0n) is 7.79. The van der Waals surface area contributed by atoms with Gasteiger partial charge in [-0.2, -0.15) is 0 Å². The summed E-state index contributed by atoms with van der Waals surface area (Å²) in [4.78, 5) is 13.1. The van der Waals surface area contributed by atoms with Crippen LogP contribution >= 0.6 is 11.8 Å². The van der Waals surface area contributed by atoms with Crippen molar-refractivity contribution in [1.82, 2.24) is 15.0 Å². The summed E-state index contributed by atoms with van der Waals surface area (Å²) in [5.41, 5.74) is 2.41. The normalized spacial score (nSPS) is 9.93. The molecule has 15 heavy (non-hydrogen) atoms. The smallest absolute Gasteiger partial charge is 0.238 e. The quantitative estimate of drug-likeness (QED) is 0.460. The van der Waals surface area contributed by atoms with Crippen LogP contribution in [0.25, 0.3) is 0 Å². The van der Waals surface area contributed by atoms with Gasteiger partial charge in [0.15, 0.2) is 0 Å². The number of hydrogen-bond donors (Lipinski definition) is 2. The lowest BCUT2D eigenvalue weighted by molar-refractivity contribution is 1.03. The lowest BCUT2D eigenvalue weighted by Crippen LogP contribution is -2.10. The molecule has 0 aliphatic carbocycles. The molecule has 0 fully saturated rings. The van der Waals surface area contributed by atoms with Crippen LogP contribution in [0.5, 0.6) is 0 Å². The van der Waals surface area contributed by atoms with E-state index in [1.165, 1.54) is 11.8 Å². The molecule has 3 N–H and O–H groups in total. The third kappa shape index (κ3) is 2.64. The number of hydrazine groups is 1. The maximum Gasteiger partial charge on any atom is 0.238 e. The van der Waals surface area contributed by atoms with E-state index in [9.17, 15) is 0 Å². The Morgan fingerprint density at radius 3 is 2.67 bits per heavy atom. The average molecular weight is 219 g/mol. The molecule has 0 unspecified atom stereocenters. The minimum atomic E-state index is 0.411. The maximum absolute atomic E-state index is 5.22. The molecule has 2 aromatic rings. The monoisotopic (exact) mass is 219 g/mol. The Bertz CT molecular complexity index is 434. The predicted molar refractivity (Wildman–Crippen MR) is 58.2 cm³/mol. The van der Waals surface area contributed by atoms with Gasteiger partial charge in [0.05, 0.1) is 0 Å². The van der Waals surface area contributed by atoms with Crippen LogP contribution in [0.3, 0.4) is 0 Å². The number of rotatable bonds is 3. The number of anilines is 1. The molecule has 76 valence electrons. The minimum Gasteiger partial charge on any atom is -0.292 e. The summed E-state index contributed by atoms with van der Waals surface area (Å²) in [6, 6.07) is 5.66. The molecular formula is C9H9N5S. The van der Waals surface area contributed by atoms with Crippen molar-refractivity contribution in [3.8, 4) is 0 Å². The molecule has 5 nitrogen and oxygen atoms in total. The van der Waals surface area contributed by atoms with Gasteiger partial charge in [-0.1, -0.05) is 11.8 Å². The number of pyridine rings is 1. The highest BCUT2D eigenvalue weighted by Crippen LogP contribution is 2.24. The van der Waals surface area contributed by atoms with E-state index in [2.05, 4.69) is 20.4 Å². The number of nitrogens with two attached hydrogens (primary N) is 1. The van der Waals surface area contributed by atoms with Gasteiger partial charge in [-0.25, -0.2) is 15.8 Å². The molecule has 2 aromatic heterocycles. The topological polar surface area (TPSA) is 76.7 Å². The van der Waals surface area contributed by atoms with Crippen LogP contribution in [-0.2, 0) is 0 Å². The van der Waals surface area contributed by atoms with E-state index in [1.54, 1.807) is 18.6 Å². The van der Waals surface area contributed by atoms with Crippen molar-refractivity contribution in [3.63, 3.8) is 0 Å². The zero-order chi connectivity index (χ0) is 10.5. The summed E-state index contributed by atoms with van der Waals surface area (Å²) in [5.74, 6) is 5.63. The zero-order valence-corrected chi connectivity index (χ0v) is 8.61. The first-order valence-corrected chi connectivity index (χ1v) is 5.07. The summed E-state index contributed by atoms with van der Waals surface area (Å²) in [6.07, 6.45) is 5.14. The van der Waals surface area contributed by atoms with E-state index in [4.69, 9.17) is 5.84 Å². The first kappa shape index (κ1) is 9.88. The molecule has 2 heterocycles. The molecule has 0 aromatic carbocycles. The van der Waals surface area contributed by atoms with Crippen molar-refractivity contribution >= 4 is 17.7 Å². The second kappa shape index (κ2) is 4.72. The standard InChI is InChI=1S/C9H9N5S/c10-14-9-12-6-3-8(13-9)15-7-1-4-11-5-2-7/h1-6H,10H2,(H,12,13,14). The fourth-order valence-corrected chi connectivity index (χ4v) is 1.76. The van der Waals surface area contributed by atoms with Gasteiger partial charge < -0.3 is 0 Å². The van der Waals surface area contributed by atoms with E-state index in [-0.39, 0.29) is 0 Å². The highest BCUT2D eigenvalue weighted by Gasteiger charge is 1.99. The molecule has 0 atom stereocenters. The molecule has 0 saturated carbocycles. The Labute approximate surface area is 91.1 Å². The van der Waals surface area contributed by atoms with E-state index in [1.807, 2.05) is 18.2 Å². The Kier molecular flexibility index (Phi) is 3.11. The van der Waals surface area contributed by atoms with Crippen molar-refractivity contribution < 1.29 is 0 Å². The van der Waals surface area contributed by atoms with Crippen LogP contribution in [0, 0.1) is 0 Å². The summed E-state index contributed by atoms with van der Waals surface area (Å²) in [6.45, 7) is 0. The van der Waals surface area contributed by atoms with Crippen molar-refractivity contribution in [3.05, 3.63) is 36.8 Å².